The van der Waals surface area contributed by atoms with Crippen molar-refractivity contribution in [1.29, 1.82) is 0 Å². The normalized spacial score (nSPS) is 18.4. The van der Waals surface area contributed by atoms with Gasteiger partial charge in [-0.2, -0.15) is 0 Å². The average Bonchev–Trinajstić information content (AvgIpc) is 2.40. The van der Waals surface area contributed by atoms with Crippen LogP contribution in [0.15, 0.2) is 29.5 Å². The van der Waals surface area contributed by atoms with Gasteiger partial charge in [0.25, 0.3) is 0 Å². The van der Waals surface area contributed by atoms with Crippen molar-refractivity contribution < 1.29 is 14.3 Å². The number of carbonyl (C=O) groups is 2. The van der Waals surface area contributed by atoms with Crippen molar-refractivity contribution in [2.24, 2.45) is 0 Å². The number of aryl methyl sites for hydroxylation is 2. The van der Waals surface area contributed by atoms with E-state index in [0.717, 1.165) is 16.7 Å². The van der Waals surface area contributed by atoms with Crippen LogP contribution in [0.2, 0.25) is 0 Å². The SMILES string of the molecule is COC(=O)C1=C(C)NC(=O)N[C@@H]1c1cc(C)ccc1C. The fourth-order valence-electron chi connectivity index (χ4n) is 2.38. The first-order valence-electron chi connectivity index (χ1n) is 6.37. The lowest BCUT2D eigenvalue weighted by molar-refractivity contribution is -0.136. The van der Waals surface area contributed by atoms with E-state index in [4.69, 9.17) is 4.74 Å². The van der Waals surface area contributed by atoms with Gasteiger partial charge in [0.15, 0.2) is 0 Å². The zero-order chi connectivity index (χ0) is 14.9. The Balaban J connectivity index is 2.56. The Morgan fingerprint density at radius 2 is 1.95 bits per heavy atom. The van der Waals surface area contributed by atoms with E-state index >= 15 is 0 Å². The molecule has 20 heavy (non-hydrogen) atoms. The average molecular weight is 274 g/mol. The number of benzene rings is 1. The Hall–Kier alpha value is -2.30. The minimum Gasteiger partial charge on any atom is -0.466 e. The number of nitrogens with one attached hydrogen (secondary N) is 2. The van der Waals surface area contributed by atoms with Crippen molar-refractivity contribution in [1.82, 2.24) is 10.6 Å². The van der Waals surface area contributed by atoms with Crippen LogP contribution < -0.4 is 10.6 Å². The van der Waals surface area contributed by atoms with Crippen molar-refractivity contribution in [3.63, 3.8) is 0 Å². The molecule has 106 valence electrons. The highest BCUT2D eigenvalue weighted by Gasteiger charge is 2.32. The van der Waals surface area contributed by atoms with Crippen molar-refractivity contribution in [3.8, 4) is 0 Å². The quantitative estimate of drug-likeness (QED) is 0.812. The Labute approximate surface area is 118 Å². The van der Waals surface area contributed by atoms with E-state index in [2.05, 4.69) is 10.6 Å². The van der Waals surface area contributed by atoms with Crippen LogP contribution in [-0.2, 0) is 9.53 Å². The summed E-state index contributed by atoms with van der Waals surface area (Å²) in [5.41, 5.74) is 3.93. The molecule has 0 aliphatic carbocycles. The number of rotatable bonds is 2. The zero-order valence-corrected chi connectivity index (χ0v) is 12.0. The Kier molecular flexibility index (Phi) is 3.79. The topological polar surface area (TPSA) is 67.4 Å². The molecule has 5 heteroatoms. The van der Waals surface area contributed by atoms with Crippen molar-refractivity contribution in [3.05, 3.63) is 46.2 Å². The largest absolute Gasteiger partial charge is 0.466 e. The van der Waals surface area contributed by atoms with Gasteiger partial charge in [-0.15, -0.1) is 0 Å². The lowest BCUT2D eigenvalue weighted by Crippen LogP contribution is -2.45. The van der Waals surface area contributed by atoms with E-state index < -0.39 is 12.0 Å². The summed E-state index contributed by atoms with van der Waals surface area (Å²) in [6.07, 6.45) is 0. The van der Waals surface area contributed by atoms with E-state index in [1.807, 2.05) is 32.0 Å². The molecule has 0 radical (unpaired) electrons. The van der Waals surface area contributed by atoms with Crippen LogP contribution in [0.3, 0.4) is 0 Å². The molecule has 0 fully saturated rings. The van der Waals surface area contributed by atoms with Gasteiger partial charge < -0.3 is 15.4 Å². The number of esters is 1. The number of ether oxygens (including phenoxy) is 1. The van der Waals surface area contributed by atoms with Gasteiger partial charge in [0.1, 0.15) is 0 Å². The second-order valence-electron chi connectivity index (χ2n) is 4.92. The fraction of sp³-hybridized carbons (Fsp3) is 0.333. The maximum atomic E-state index is 12.0. The summed E-state index contributed by atoms with van der Waals surface area (Å²) in [6, 6.07) is 5.14. The summed E-state index contributed by atoms with van der Waals surface area (Å²) in [6.45, 7) is 5.62. The van der Waals surface area contributed by atoms with E-state index in [0.29, 0.717) is 11.3 Å². The van der Waals surface area contributed by atoms with Gasteiger partial charge in [0.05, 0.1) is 18.7 Å². The highest BCUT2D eigenvalue weighted by atomic mass is 16.5. The molecule has 1 aromatic carbocycles. The zero-order valence-electron chi connectivity index (χ0n) is 12.0. The molecule has 0 spiro atoms. The fourth-order valence-corrected chi connectivity index (χ4v) is 2.38. The lowest BCUT2D eigenvalue weighted by Gasteiger charge is -2.29. The molecule has 1 aromatic rings. The molecule has 2 amide bonds. The lowest BCUT2D eigenvalue weighted by atomic mass is 9.91. The number of allylic oxidation sites excluding steroid dienone is 1. The molecule has 0 bridgehead atoms. The third-order valence-corrected chi connectivity index (χ3v) is 3.42. The van der Waals surface area contributed by atoms with Gasteiger partial charge in [-0.05, 0) is 31.9 Å². The van der Waals surface area contributed by atoms with Crippen molar-refractivity contribution in [2.75, 3.05) is 7.11 Å². The standard InChI is InChI=1S/C15H18N2O3/c1-8-5-6-9(2)11(7-8)13-12(14(18)20-4)10(3)16-15(19)17-13/h5-7,13H,1-4H3,(H2,16,17,19)/t13-/m1/s1. The molecule has 1 heterocycles. The van der Waals surface area contributed by atoms with Gasteiger partial charge in [-0.1, -0.05) is 23.8 Å². The molecule has 0 saturated carbocycles. The Bertz CT molecular complexity index is 605. The molecule has 2 N–H and O–H groups in total. The summed E-state index contributed by atoms with van der Waals surface area (Å²) in [7, 11) is 1.33. The van der Waals surface area contributed by atoms with Gasteiger partial charge >= 0.3 is 12.0 Å². The van der Waals surface area contributed by atoms with Crippen LogP contribution >= 0.6 is 0 Å². The minimum absolute atomic E-state index is 0.318. The summed E-state index contributed by atoms with van der Waals surface area (Å²) in [5, 5.41) is 5.39. The first kappa shape index (κ1) is 14.1. The van der Waals surface area contributed by atoms with E-state index in [-0.39, 0.29) is 6.03 Å². The van der Waals surface area contributed by atoms with E-state index in [1.54, 1.807) is 6.92 Å². The molecule has 5 nitrogen and oxygen atoms in total. The summed E-state index contributed by atoms with van der Waals surface area (Å²) in [4.78, 5) is 23.7. The highest BCUT2D eigenvalue weighted by molar-refractivity contribution is 5.95. The van der Waals surface area contributed by atoms with E-state index in [9.17, 15) is 9.59 Å². The monoisotopic (exact) mass is 274 g/mol. The second kappa shape index (κ2) is 5.36. The number of hydrogen-bond acceptors (Lipinski definition) is 3. The second-order valence-corrected chi connectivity index (χ2v) is 4.92. The molecular weight excluding hydrogens is 256 g/mol. The van der Waals surface area contributed by atoms with Gasteiger partial charge in [-0.3, -0.25) is 0 Å². The maximum absolute atomic E-state index is 12.0. The summed E-state index contributed by atoms with van der Waals surface area (Å²) < 4.78 is 4.83. The third-order valence-electron chi connectivity index (χ3n) is 3.42. The van der Waals surface area contributed by atoms with Crippen molar-refractivity contribution in [2.45, 2.75) is 26.8 Å². The van der Waals surface area contributed by atoms with Crippen LogP contribution in [0, 0.1) is 13.8 Å². The van der Waals surface area contributed by atoms with Crippen LogP contribution in [-0.4, -0.2) is 19.1 Å². The Morgan fingerprint density at radius 3 is 2.60 bits per heavy atom. The number of methoxy groups -OCH3 is 1. The maximum Gasteiger partial charge on any atom is 0.337 e. The van der Waals surface area contributed by atoms with Crippen molar-refractivity contribution >= 4 is 12.0 Å². The van der Waals surface area contributed by atoms with Gasteiger partial charge in [-0.25, -0.2) is 9.59 Å². The molecule has 0 aromatic heterocycles. The summed E-state index contributed by atoms with van der Waals surface area (Å²) in [5.74, 6) is -0.444. The molecule has 0 saturated heterocycles. The third kappa shape index (κ3) is 2.52. The molecule has 2 rings (SSSR count). The molecule has 0 unspecified atom stereocenters. The molecule has 1 aliphatic heterocycles. The molecule has 1 atom stereocenters. The Morgan fingerprint density at radius 1 is 1.25 bits per heavy atom. The number of carbonyl (C=O) groups excluding carboxylic acids is 2. The molecular formula is C15H18N2O3. The highest BCUT2D eigenvalue weighted by Crippen LogP contribution is 2.30. The first-order valence-corrected chi connectivity index (χ1v) is 6.37. The smallest absolute Gasteiger partial charge is 0.337 e. The predicted molar refractivity (Wildman–Crippen MR) is 75.0 cm³/mol. The van der Waals surface area contributed by atoms with Gasteiger partial charge in [0.2, 0.25) is 0 Å². The van der Waals surface area contributed by atoms with Crippen LogP contribution in [0.1, 0.15) is 29.7 Å². The van der Waals surface area contributed by atoms with Gasteiger partial charge in [0, 0.05) is 5.70 Å². The number of urea groups is 1. The number of amides is 2. The first-order chi connectivity index (χ1) is 9.43. The van der Waals surface area contributed by atoms with Crippen LogP contribution in [0.4, 0.5) is 4.79 Å². The minimum atomic E-state index is -0.490. The molecule has 1 aliphatic rings. The number of hydrogen-bond donors (Lipinski definition) is 2. The van der Waals surface area contributed by atoms with Crippen LogP contribution in [0.5, 0.6) is 0 Å². The van der Waals surface area contributed by atoms with Crippen LogP contribution in [0.25, 0.3) is 0 Å². The van der Waals surface area contributed by atoms with E-state index in [1.165, 1.54) is 7.11 Å². The summed E-state index contributed by atoms with van der Waals surface area (Å²) >= 11 is 0. The predicted octanol–water partition coefficient (Wildman–Crippen LogP) is 2.10.